The summed E-state index contributed by atoms with van der Waals surface area (Å²) < 4.78 is 1.18. The van der Waals surface area contributed by atoms with E-state index in [4.69, 9.17) is 5.73 Å². The second-order valence-electron chi connectivity index (χ2n) is 4.47. The van der Waals surface area contributed by atoms with Crippen LogP contribution in [0.2, 0.25) is 0 Å². The summed E-state index contributed by atoms with van der Waals surface area (Å²) in [6.07, 6.45) is 0. The molecule has 0 aliphatic carbocycles. The van der Waals surface area contributed by atoms with Crippen molar-refractivity contribution in [2.45, 2.75) is 19.5 Å². The second kappa shape index (κ2) is 5.87. The molecule has 0 saturated carbocycles. The van der Waals surface area contributed by atoms with Gasteiger partial charge in [-0.3, -0.25) is 4.90 Å². The number of thiophene rings is 1. The predicted molar refractivity (Wildman–Crippen MR) is 82.8 cm³/mol. The molecule has 0 saturated heterocycles. The Morgan fingerprint density at radius 3 is 2.72 bits per heavy atom. The highest BCUT2D eigenvalue weighted by atomic mass is 79.9. The molecule has 1 aromatic carbocycles. The first kappa shape index (κ1) is 13.6. The van der Waals surface area contributed by atoms with Crippen LogP contribution in [0.1, 0.15) is 23.4 Å². The molecule has 0 aliphatic rings. The van der Waals surface area contributed by atoms with Gasteiger partial charge in [-0.1, -0.05) is 12.1 Å². The first-order valence-corrected chi connectivity index (χ1v) is 7.47. The van der Waals surface area contributed by atoms with Gasteiger partial charge in [-0.15, -0.1) is 11.3 Å². The highest BCUT2D eigenvalue weighted by molar-refractivity contribution is 9.11. The topological polar surface area (TPSA) is 29.3 Å². The second-order valence-corrected chi connectivity index (χ2v) is 7.01. The standard InChI is InChI=1S/C14H17BrN2S/c1-10(11-4-3-5-12(16)8-11)17(2)9-13-6-7-14(15)18-13/h3-8,10H,9,16H2,1-2H3. The van der Waals surface area contributed by atoms with Crippen molar-refractivity contribution in [3.8, 4) is 0 Å². The summed E-state index contributed by atoms with van der Waals surface area (Å²) >= 11 is 5.28. The van der Waals surface area contributed by atoms with Crippen molar-refractivity contribution in [1.29, 1.82) is 0 Å². The van der Waals surface area contributed by atoms with Gasteiger partial charge in [0.1, 0.15) is 0 Å². The number of rotatable bonds is 4. The minimum Gasteiger partial charge on any atom is -0.399 e. The molecule has 0 aliphatic heterocycles. The first-order chi connectivity index (χ1) is 8.56. The Kier molecular flexibility index (Phi) is 4.43. The fourth-order valence-electron chi connectivity index (χ4n) is 1.89. The van der Waals surface area contributed by atoms with Crippen LogP contribution < -0.4 is 5.73 Å². The van der Waals surface area contributed by atoms with Gasteiger partial charge in [0.15, 0.2) is 0 Å². The number of anilines is 1. The van der Waals surface area contributed by atoms with Crippen LogP contribution in [-0.4, -0.2) is 11.9 Å². The normalized spacial score (nSPS) is 12.9. The van der Waals surface area contributed by atoms with Gasteiger partial charge in [-0.2, -0.15) is 0 Å². The molecule has 1 unspecified atom stereocenters. The van der Waals surface area contributed by atoms with Crippen LogP contribution in [0.3, 0.4) is 0 Å². The van der Waals surface area contributed by atoms with Gasteiger partial charge in [0, 0.05) is 23.2 Å². The van der Waals surface area contributed by atoms with Crippen molar-refractivity contribution < 1.29 is 0 Å². The van der Waals surface area contributed by atoms with Crippen LogP contribution in [0.4, 0.5) is 5.69 Å². The van der Waals surface area contributed by atoms with E-state index in [-0.39, 0.29) is 0 Å². The monoisotopic (exact) mass is 324 g/mol. The maximum atomic E-state index is 5.83. The fourth-order valence-corrected chi connectivity index (χ4v) is 3.44. The maximum Gasteiger partial charge on any atom is 0.0701 e. The number of benzene rings is 1. The highest BCUT2D eigenvalue weighted by Gasteiger charge is 2.12. The average Bonchev–Trinajstić information content (AvgIpc) is 2.73. The number of nitrogens with two attached hydrogens (primary N) is 1. The summed E-state index contributed by atoms with van der Waals surface area (Å²) in [5.41, 5.74) is 7.91. The number of hydrogen-bond donors (Lipinski definition) is 1. The van der Waals surface area contributed by atoms with Crippen molar-refractivity contribution >= 4 is 33.0 Å². The Morgan fingerprint density at radius 2 is 2.11 bits per heavy atom. The van der Waals surface area contributed by atoms with Crippen molar-refractivity contribution in [2.75, 3.05) is 12.8 Å². The van der Waals surface area contributed by atoms with Crippen molar-refractivity contribution in [1.82, 2.24) is 4.90 Å². The number of nitrogens with zero attached hydrogens (tertiary/aromatic N) is 1. The van der Waals surface area contributed by atoms with Gasteiger partial charge < -0.3 is 5.73 Å². The molecule has 0 radical (unpaired) electrons. The minimum absolute atomic E-state index is 0.356. The number of halogens is 1. The quantitative estimate of drug-likeness (QED) is 0.850. The molecule has 2 aromatic rings. The van der Waals surface area contributed by atoms with Gasteiger partial charge >= 0.3 is 0 Å². The van der Waals surface area contributed by atoms with Gasteiger partial charge in [-0.05, 0) is 59.7 Å². The van der Waals surface area contributed by atoms with E-state index in [1.165, 1.54) is 14.2 Å². The molecular formula is C14H17BrN2S. The molecule has 2 nitrogen and oxygen atoms in total. The molecule has 1 aromatic heterocycles. The Balaban J connectivity index is 2.06. The molecule has 0 amide bonds. The Morgan fingerprint density at radius 1 is 1.33 bits per heavy atom. The molecule has 96 valence electrons. The number of nitrogen functional groups attached to an aromatic ring is 1. The average molecular weight is 325 g/mol. The van der Waals surface area contributed by atoms with E-state index in [9.17, 15) is 0 Å². The molecule has 2 rings (SSSR count). The van der Waals surface area contributed by atoms with Crippen LogP contribution in [0.5, 0.6) is 0 Å². The van der Waals surface area contributed by atoms with E-state index >= 15 is 0 Å². The van der Waals surface area contributed by atoms with Gasteiger partial charge in [0.25, 0.3) is 0 Å². The molecule has 0 fully saturated rings. The first-order valence-electron chi connectivity index (χ1n) is 5.86. The predicted octanol–water partition coefficient (Wildman–Crippen LogP) is 4.29. The zero-order chi connectivity index (χ0) is 13.1. The van der Waals surface area contributed by atoms with Crippen molar-refractivity contribution in [3.63, 3.8) is 0 Å². The molecule has 1 atom stereocenters. The van der Waals surface area contributed by atoms with Gasteiger partial charge in [0.2, 0.25) is 0 Å². The van der Waals surface area contributed by atoms with E-state index in [1.807, 2.05) is 18.2 Å². The smallest absolute Gasteiger partial charge is 0.0701 e. The maximum absolute atomic E-state index is 5.83. The lowest BCUT2D eigenvalue weighted by atomic mass is 10.1. The highest BCUT2D eigenvalue weighted by Crippen LogP contribution is 2.26. The van der Waals surface area contributed by atoms with E-state index in [0.29, 0.717) is 6.04 Å². The molecular weight excluding hydrogens is 308 g/mol. The Hall–Kier alpha value is -0.840. The van der Waals surface area contributed by atoms with Gasteiger partial charge in [0.05, 0.1) is 3.79 Å². The third-order valence-electron chi connectivity index (χ3n) is 3.09. The van der Waals surface area contributed by atoms with Crippen molar-refractivity contribution in [3.05, 3.63) is 50.6 Å². The summed E-state index contributed by atoms with van der Waals surface area (Å²) in [4.78, 5) is 3.69. The lowest BCUT2D eigenvalue weighted by Gasteiger charge is -2.24. The summed E-state index contributed by atoms with van der Waals surface area (Å²) in [5, 5.41) is 0. The minimum atomic E-state index is 0.356. The zero-order valence-corrected chi connectivity index (χ0v) is 13.0. The molecule has 0 spiro atoms. The van der Waals surface area contributed by atoms with Crippen LogP contribution in [-0.2, 0) is 6.54 Å². The lowest BCUT2D eigenvalue weighted by Crippen LogP contribution is -2.21. The van der Waals surface area contributed by atoms with E-state index in [0.717, 1.165) is 12.2 Å². The summed E-state index contributed by atoms with van der Waals surface area (Å²) in [7, 11) is 2.14. The Bertz CT molecular complexity index is 524. The fraction of sp³-hybridized carbons (Fsp3) is 0.286. The molecule has 0 bridgehead atoms. The van der Waals surface area contributed by atoms with E-state index < -0.39 is 0 Å². The largest absolute Gasteiger partial charge is 0.399 e. The van der Waals surface area contributed by atoms with Crippen molar-refractivity contribution in [2.24, 2.45) is 0 Å². The van der Waals surface area contributed by atoms with Crippen LogP contribution >= 0.6 is 27.3 Å². The lowest BCUT2D eigenvalue weighted by molar-refractivity contribution is 0.255. The van der Waals surface area contributed by atoms with Crippen LogP contribution in [0.25, 0.3) is 0 Å². The summed E-state index contributed by atoms with van der Waals surface area (Å²) in [5.74, 6) is 0. The summed E-state index contributed by atoms with van der Waals surface area (Å²) in [6, 6.07) is 12.7. The zero-order valence-electron chi connectivity index (χ0n) is 10.6. The molecule has 4 heteroatoms. The molecule has 2 N–H and O–H groups in total. The Labute approximate surface area is 121 Å². The number of hydrogen-bond acceptors (Lipinski definition) is 3. The third kappa shape index (κ3) is 3.34. The SMILES string of the molecule is CC(c1cccc(N)c1)N(C)Cc1ccc(Br)s1. The third-order valence-corrected chi connectivity index (χ3v) is 4.70. The molecule has 1 heterocycles. The molecule has 18 heavy (non-hydrogen) atoms. The van der Waals surface area contributed by atoms with Crippen LogP contribution in [0.15, 0.2) is 40.2 Å². The van der Waals surface area contributed by atoms with Gasteiger partial charge in [-0.25, -0.2) is 0 Å². The summed E-state index contributed by atoms with van der Waals surface area (Å²) in [6.45, 7) is 3.16. The van der Waals surface area contributed by atoms with E-state index in [2.05, 4.69) is 53.0 Å². The van der Waals surface area contributed by atoms with E-state index in [1.54, 1.807) is 11.3 Å². The van der Waals surface area contributed by atoms with Crippen LogP contribution in [0, 0.1) is 0 Å².